The highest BCUT2D eigenvalue weighted by Crippen LogP contribution is 2.33. The van der Waals surface area contributed by atoms with Gasteiger partial charge in [0, 0.05) is 0 Å². The summed E-state index contributed by atoms with van der Waals surface area (Å²) in [7, 11) is 0. The van der Waals surface area contributed by atoms with Gasteiger partial charge in [-0.15, -0.1) is 0 Å². The predicted molar refractivity (Wildman–Crippen MR) is 62.8 cm³/mol. The third kappa shape index (κ3) is 3.63. The molecule has 0 radical (unpaired) electrons. The molecule has 0 atom stereocenters. The minimum atomic E-state index is -4.29. The lowest BCUT2D eigenvalue weighted by Gasteiger charge is -2.25. The normalized spacial score (nSPS) is 17.7. The van der Waals surface area contributed by atoms with Crippen molar-refractivity contribution in [3.05, 3.63) is 29.8 Å². The Morgan fingerprint density at radius 3 is 2.50 bits per heavy atom. The minimum absolute atomic E-state index is 0.288. The summed E-state index contributed by atoms with van der Waals surface area (Å²) in [4.78, 5) is 0. The fraction of sp³-hybridized carbons (Fsp3) is 0.538. The van der Waals surface area contributed by atoms with E-state index in [1.165, 1.54) is 0 Å². The van der Waals surface area contributed by atoms with Crippen LogP contribution >= 0.6 is 0 Å². The summed E-state index contributed by atoms with van der Waals surface area (Å²) >= 11 is 0. The van der Waals surface area contributed by atoms with Gasteiger partial charge in [0.05, 0.1) is 0 Å². The first-order chi connectivity index (χ1) is 8.56. The first-order valence-corrected chi connectivity index (χ1v) is 6.05. The molecule has 0 aromatic heterocycles. The van der Waals surface area contributed by atoms with Gasteiger partial charge in [-0.3, -0.25) is 0 Å². The maximum absolute atomic E-state index is 12.2. The Hall–Kier alpha value is -1.23. The van der Waals surface area contributed by atoms with Crippen molar-refractivity contribution < 1.29 is 17.9 Å². The second-order valence-electron chi connectivity index (χ2n) is 4.47. The van der Waals surface area contributed by atoms with Gasteiger partial charge in [0.1, 0.15) is 5.75 Å². The highest BCUT2D eigenvalue weighted by atomic mass is 19.4. The molecule has 0 spiro atoms. The smallest absolute Gasteiger partial charge is 0.422 e. The average Bonchev–Trinajstić information content (AvgIpc) is 2.37. The summed E-state index contributed by atoms with van der Waals surface area (Å²) in [5.41, 5.74) is 0.892. The van der Waals surface area contributed by atoms with Gasteiger partial charge >= 0.3 is 6.18 Å². The molecule has 1 N–H and O–H groups in total. The number of hydrogen-bond donors (Lipinski definition) is 1. The van der Waals surface area contributed by atoms with Crippen LogP contribution in [0.15, 0.2) is 24.3 Å². The Morgan fingerprint density at radius 2 is 1.83 bits per heavy atom. The summed E-state index contributed by atoms with van der Waals surface area (Å²) in [6.07, 6.45) is -2.42. The summed E-state index contributed by atoms with van der Waals surface area (Å²) in [6, 6.07) is 7.03. The first-order valence-electron chi connectivity index (χ1n) is 6.05. The van der Waals surface area contributed by atoms with E-state index in [2.05, 4.69) is 5.32 Å². The molecule has 1 saturated heterocycles. The average molecular weight is 259 g/mol. The van der Waals surface area contributed by atoms with Crippen LogP contribution in [-0.4, -0.2) is 25.9 Å². The van der Waals surface area contributed by atoms with E-state index < -0.39 is 12.8 Å². The number of rotatable bonds is 3. The number of halogens is 3. The summed E-state index contributed by atoms with van der Waals surface area (Å²) in [5.74, 6) is 0.650. The van der Waals surface area contributed by atoms with Gasteiger partial charge in [0.15, 0.2) is 6.61 Å². The zero-order valence-corrected chi connectivity index (χ0v) is 9.96. The number of para-hydroxylation sites is 1. The van der Waals surface area contributed by atoms with Crippen LogP contribution in [0.4, 0.5) is 13.2 Å². The van der Waals surface area contributed by atoms with Crippen LogP contribution in [0.2, 0.25) is 0 Å². The molecule has 100 valence electrons. The van der Waals surface area contributed by atoms with Crippen molar-refractivity contribution in [3.8, 4) is 5.75 Å². The van der Waals surface area contributed by atoms with Gasteiger partial charge in [-0.05, 0) is 43.5 Å². The zero-order chi connectivity index (χ0) is 13.0. The van der Waals surface area contributed by atoms with Crippen LogP contribution in [0.25, 0.3) is 0 Å². The Bertz CT molecular complexity index is 386. The van der Waals surface area contributed by atoms with Crippen LogP contribution in [0, 0.1) is 0 Å². The summed E-state index contributed by atoms with van der Waals surface area (Å²) < 4.78 is 41.5. The zero-order valence-electron chi connectivity index (χ0n) is 9.96. The summed E-state index contributed by atoms with van der Waals surface area (Å²) in [6.45, 7) is 0.575. The molecule has 18 heavy (non-hydrogen) atoms. The van der Waals surface area contributed by atoms with Crippen LogP contribution in [0.5, 0.6) is 5.75 Å². The number of benzene rings is 1. The van der Waals surface area contributed by atoms with E-state index >= 15 is 0 Å². The Morgan fingerprint density at radius 1 is 1.17 bits per heavy atom. The highest BCUT2D eigenvalue weighted by Gasteiger charge is 2.29. The van der Waals surface area contributed by atoms with E-state index in [9.17, 15) is 13.2 Å². The molecule has 0 saturated carbocycles. The van der Waals surface area contributed by atoms with E-state index in [0.717, 1.165) is 31.5 Å². The number of alkyl halides is 3. The maximum Gasteiger partial charge on any atom is 0.422 e. The largest absolute Gasteiger partial charge is 0.484 e. The second-order valence-corrected chi connectivity index (χ2v) is 4.47. The van der Waals surface area contributed by atoms with Crippen molar-refractivity contribution in [1.82, 2.24) is 5.32 Å². The quantitative estimate of drug-likeness (QED) is 0.900. The molecule has 1 aliphatic heterocycles. The molecular weight excluding hydrogens is 243 g/mol. The minimum Gasteiger partial charge on any atom is -0.484 e. The third-order valence-corrected chi connectivity index (χ3v) is 3.09. The highest BCUT2D eigenvalue weighted by molar-refractivity contribution is 5.36. The van der Waals surface area contributed by atoms with Crippen molar-refractivity contribution in [3.63, 3.8) is 0 Å². The van der Waals surface area contributed by atoms with E-state index in [-0.39, 0.29) is 5.92 Å². The molecule has 0 unspecified atom stereocenters. The van der Waals surface area contributed by atoms with E-state index in [4.69, 9.17) is 4.74 Å². The van der Waals surface area contributed by atoms with Gasteiger partial charge in [0.2, 0.25) is 0 Å². The van der Waals surface area contributed by atoms with Crippen molar-refractivity contribution in [2.75, 3.05) is 19.7 Å². The van der Waals surface area contributed by atoms with Gasteiger partial charge in [-0.25, -0.2) is 0 Å². The van der Waals surface area contributed by atoms with Crippen molar-refractivity contribution in [2.24, 2.45) is 0 Å². The molecular formula is C13H16F3NO. The number of ether oxygens (including phenoxy) is 1. The van der Waals surface area contributed by atoms with E-state index in [1.807, 2.05) is 12.1 Å². The van der Waals surface area contributed by atoms with Crippen LogP contribution < -0.4 is 10.1 Å². The van der Waals surface area contributed by atoms with Crippen molar-refractivity contribution in [1.29, 1.82) is 0 Å². The molecule has 1 aromatic rings. The van der Waals surface area contributed by atoms with E-state index in [1.54, 1.807) is 12.1 Å². The van der Waals surface area contributed by atoms with Crippen LogP contribution in [0.1, 0.15) is 24.3 Å². The van der Waals surface area contributed by atoms with Crippen molar-refractivity contribution in [2.45, 2.75) is 24.9 Å². The fourth-order valence-electron chi connectivity index (χ4n) is 2.24. The summed E-state index contributed by atoms with van der Waals surface area (Å²) in [5, 5.41) is 3.24. The number of piperidine rings is 1. The van der Waals surface area contributed by atoms with Gasteiger partial charge in [-0.1, -0.05) is 18.2 Å². The molecule has 1 aliphatic rings. The standard InChI is InChI=1S/C13H16F3NO/c14-13(15,16)9-18-12-4-2-1-3-11(12)10-5-7-17-8-6-10/h1-4,10,17H,5-9H2. The van der Waals surface area contributed by atoms with Crippen molar-refractivity contribution >= 4 is 0 Å². The number of nitrogens with one attached hydrogen (secondary N) is 1. The molecule has 1 fully saturated rings. The molecule has 0 aliphatic carbocycles. The molecule has 0 bridgehead atoms. The fourth-order valence-corrected chi connectivity index (χ4v) is 2.24. The molecule has 1 aromatic carbocycles. The third-order valence-electron chi connectivity index (χ3n) is 3.09. The van der Waals surface area contributed by atoms with Gasteiger partial charge < -0.3 is 10.1 Å². The Balaban J connectivity index is 2.09. The SMILES string of the molecule is FC(F)(F)COc1ccccc1C1CCNCC1. The van der Waals surface area contributed by atoms with Crippen LogP contribution in [-0.2, 0) is 0 Å². The molecule has 0 amide bonds. The Kier molecular flexibility index (Phi) is 4.11. The number of hydrogen-bond acceptors (Lipinski definition) is 2. The lowest BCUT2D eigenvalue weighted by atomic mass is 9.89. The monoisotopic (exact) mass is 259 g/mol. The Labute approximate surface area is 104 Å². The van der Waals surface area contributed by atoms with Gasteiger partial charge in [-0.2, -0.15) is 13.2 Å². The molecule has 2 rings (SSSR count). The molecule has 1 heterocycles. The van der Waals surface area contributed by atoms with Crippen LogP contribution in [0.3, 0.4) is 0 Å². The first kappa shape index (κ1) is 13.2. The van der Waals surface area contributed by atoms with Gasteiger partial charge in [0.25, 0.3) is 0 Å². The lowest BCUT2D eigenvalue weighted by Crippen LogP contribution is -2.27. The predicted octanol–water partition coefficient (Wildman–Crippen LogP) is 3.09. The second kappa shape index (κ2) is 5.61. The molecule has 5 heteroatoms. The maximum atomic E-state index is 12.2. The van der Waals surface area contributed by atoms with E-state index in [0.29, 0.717) is 5.75 Å². The molecule has 2 nitrogen and oxygen atoms in total. The topological polar surface area (TPSA) is 21.3 Å². The lowest BCUT2D eigenvalue weighted by molar-refractivity contribution is -0.153.